The highest BCUT2D eigenvalue weighted by atomic mass is 32.1. The molecule has 0 radical (unpaired) electrons. The number of H-pyrrole nitrogens is 1. The van der Waals surface area contributed by atoms with Crippen LogP contribution in [0.4, 0.5) is 0 Å². The van der Waals surface area contributed by atoms with E-state index in [4.69, 9.17) is 0 Å². The summed E-state index contributed by atoms with van der Waals surface area (Å²) >= 11 is 1.56. The number of amides is 1. The number of likely N-dealkylation sites (tertiary alicyclic amines) is 1. The summed E-state index contributed by atoms with van der Waals surface area (Å²) in [7, 11) is 1.81. The first-order valence-electron chi connectivity index (χ1n) is 8.53. The van der Waals surface area contributed by atoms with Crippen LogP contribution in [0.5, 0.6) is 0 Å². The zero-order valence-electron chi connectivity index (χ0n) is 14.4. The summed E-state index contributed by atoms with van der Waals surface area (Å²) in [6.07, 6.45) is 6.54. The fourth-order valence-corrected chi connectivity index (χ4v) is 4.12. The van der Waals surface area contributed by atoms with Crippen LogP contribution in [0.2, 0.25) is 0 Å². The molecule has 1 N–H and O–H groups in total. The molecule has 0 unspecified atom stereocenters. The Kier molecular flexibility index (Phi) is 4.42. The van der Waals surface area contributed by atoms with Gasteiger partial charge in [0.05, 0.1) is 22.3 Å². The first-order valence-corrected chi connectivity index (χ1v) is 9.41. The van der Waals surface area contributed by atoms with Crippen molar-refractivity contribution in [2.75, 3.05) is 13.1 Å². The van der Waals surface area contributed by atoms with Crippen LogP contribution in [0, 0.1) is 5.92 Å². The zero-order valence-corrected chi connectivity index (χ0v) is 15.2. The molecule has 0 saturated carbocycles. The quantitative estimate of drug-likeness (QED) is 0.717. The molecule has 1 saturated heterocycles. The van der Waals surface area contributed by atoms with Crippen LogP contribution in [0.1, 0.15) is 33.8 Å². The fraction of sp³-hybridized carbons (Fsp3) is 0.333. The van der Waals surface area contributed by atoms with E-state index in [0.717, 1.165) is 23.4 Å². The summed E-state index contributed by atoms with van der Waals surface area (Å²) in [4.78, 5) is 32.7. The molecule has 7 nitrogen and oxygen atoms in total. The molecule has 1 aliphatic rings. The number of aryl methyl sites for hydroxylation is 1. The van der Waals surface area contributed by atoms with Crippen molar-refractivity contribution in [1.82, 2.24) is 24.6 Å². The second kappa shape index (κ2) is 6.87. The molecule has 3 aromatic heterocycles. The van der Waals surface area contributed by atoms with Gasteiger partial charge in [0.1, 0.15) is 0 Å². The van der Waals surface area contributed by atoms with Gasteiger partial charge in [0.15, 0.2) is 5.82 Å². The Labute approximate surface area is 154 Å². The van der Waals surface area contributed by atoms with Gasteiger partial charge < -0.3 is 9.47 Å². The number of hydrogen-bond donors (Lipinski definition) is 1. The summed E-state index contributed by atoms with van der Waals surface area (Å²) in [6, 6.07) is 3.90. The molecule has 8 heteroatoms. The number of hydrogen-bond acceptors (Lipinski definition) is 5. The first kappa shape index (κ1) is 16.7. The van der Waals surface area contributed by atoms with Crippen LogP contribution < -0.4 is 0 Å². The van der Waals surface area contributed by atoms with Crippen molar-refractivity contribution >= 4 is 23.0 Å². The van der Waals surface area contributed by atoms with Gasteiger partial charge in [-0.1, -0.05) is 6.07 Å². The monoisotopic (exact) mass is 369 g/mol. The summed E-state index contributed by atoms with van der Waals surface area (Å²) in [5.41, 5.74) is 1.29. The van der Waals surface area contributed by atoms with E-state index in [1.165, 1.54) is 0 Å². The van der Waals surface area contributed by atoms with E-state index in [1.54, 1.807) is 39.4 Å². The number of imidazole rings is 1. The van der Waals surface area contributed by atoms with Crippen LogP contribution >= 0.6 is 11.3 Å². The Morgan fingerprint density at radius 2 is 2.27 bits per heavy atom. The molecular weight excluding hydrogens is 350 g/mol. The van der Waals surface area contributed by atoms with Gasteiger partial charge >= 0.3 is 0 Å². The lowest BCUT2D eigenvalue weighted by Crippen LogP contribution is -2.42. The van der Waals surface area contributed by atoms with Crippen LogP contribution in [0.15, 0.2) is 36.1 Å². The summed E-state index contributed by atoms with van der Waals surface area (Å²) in [5.74, 6) is 0.151. The van der Waals surface area contributed by atoms with Gasteiger partial charge in [-0.25, -0.2) is 4.98 Å². The van der Waals surface area contributed by atoms with Crippen LogP contribution in [0.3, 0.4) is 0 Å². The second-order valence-corrected chi connectivity index (χ2v) is 7.40. The lowest BCUT2D eigenvalue weighted by Gasteiger charge is -2.31. The lowest BCUT2D eigenvalue weighted by molar-refractivity contribution is 0.0633. The predicted octanol–water partition coefficient (Wildman–Crippen LogP) is 2.61. The van der Waals surface area contributed by atoms with E-state index in [9.17, 15) is 9.59 Å². The number of carbonyl (C=O) groups excluding carboxylic acids is 2. The molecule has 4 heterocycles. The third kappa shape index (κ3) is 2.96. The van der Waals surface area contributed by atoms with Crippen molar-refractivity contribution in [3.63, 3.8) is 0 Å². The average molecular weight is 369 g/mol. The van der Waals surface area contributed by atoms with Gasteiger partial charge in [-0.3, -0.25) is 14.7 Å². The van der Waals surface area contributed by atoms with Gasteiger partial charge in [-0.15, -0.1) is 11.3 Å². The van der Waals surface area contributed by atoms with Crippen LogP contribution in [-0.2, 0) is 7.05 Å². The molecule has 0 bridgehead atoms. The number of aromatic nitrogens is 4. The Balaban J connectivity index is 1.54. The number of ketones is 1. The van der Waals surface area contributed by atoms with E-state index >= 15 is 0 Å². The van der Waals surface area contributed by atoms with Crippen molar-refractivity contribution in [2.24, 2.45) is 13.0 Å². The molecule has 1 aliphatic heterocycles. The van der Waals surface area contributed by atoms with E-state index in [-0.39, 0.29) is 17.6 Å². The number of rotatable bonds is 4. The molecule has 134 valence electrons. The molecule has 3 aromatic rings. The van der Waals surface area contributed by atoms with Gasteiger partial charge in [0.2, 0.25) is 5.78 Å². The summed E-state index contributed by atoms with van der Waals surface area (Å²) in [5, 5.41) is 8.94. The minimum absolute atomic E-state index is 0.000624. The summed E-state index contributed by atoms with van der Waals surface area (Å²) < 4.78 is 1.73. The topological polar surface area (TPSA) is 83.9 Å². The maximum absolute atomic E-state index is 13.0. The molecule has 1 fully saturated rings. The second-order valence-electron chi connectivity index (χ2n) is 6.45. The minimum atomic E-state index is -0.217. The highest BCUT2D eigenvalue weighted by Gasteiger charge is 2.32. The Morgan fingerprint density at radius 3 is 3.00 bits per heavy atom. The molecule has 1 amide bonds. The van der Waals surface area contributed by atoms with E-state index in [1.807, 2.05) is 24.6 Å². The number of Topliss-reactive ketones (excluding diaryl/α,β-unsaturated/α-hetero) is 1. The van der Waals surface area contributed by atoms with Gasteiger partial charge in [0.25, 0.3) is 5.91 Å². The van der Waals surface area contributed by atoms with Crippen LogP contribution in [0.25, 0.3) is 10.6 Å². The molecular formula is C18H19N5O2S. The molecule has 0 aliphatic carbocycles. The van der Waals surface area contributed by atoms with Gasteiger partial charge in [-0.2, -0.15) is 5.10 Å². The fourth-order valence-electron chi connectivity index (χ4n) is 3.39. The number of nitrogens with zero attached hydrogens (tertiary/aromatic N) is 4. The van der Waals surface area contributed by atoms with E-state index in [0.29, 0.717) is 24.5 Å². The maximum atomic E-state index is 13.0. The number of nitrogens with one attached hydrogen (secondary N) is 1. The van der Waals surface area contributed by atoms with Gasteiger partial charge in [0, 0.05) is 38.4 Å². The Morgan fingerprint density at radius 1 is 1.38 bits per heavy atom. The molecule has 0 aromatic carbocycles. The lowest BCUT2D eigenvalue weighted by atomic mass is 9.93. The summed E-state index contributed by atoms with van der Waals surface area (Å²) in [6.45, 7) is 1.07. The predicted molar refractivity (Wildman–Crippen MR) is 98.1 cm³/mol. The Hall–Kier alpha value is -2.74. The van der Waals surface area contributed by atoms with Crippen molar-refractivity contribution < 1.29 is 9.59 Å². The van der Waals surface area contributed by atoms with Crippen molar-refractivity contribution in [3.05, 3.63) is 47.5 Å². The SMILES string of the molecule is Cn1ccnc1C(=O)[C@H]1CCCN(C(=O)c2cn[nH]c2-c2cccs2)C1. The number of piperidine rings is 1. The third-order valence-electron chi connectivity index (χ3n) is 4.76. The molecule has 1 atom stereocenters. The number of aromatic amines is 1. The normalized spacial score (nSPS) is 17.4. The zero-order chi connectivity index (χ0) is 18.1. The highest BCUT2D eigenvalue weighted by Crippen LogP contribution is 2.28. The highest BCUT2D eigenvalue weighted by molar-refractivity contribution is 7.13. The van der Waals surface area contributed by atoms with Crippen molar-refractivity contribution in [1.29, 1.82) is 0 Å². The maximum Gasteiger partial charge on any atom is 0.257 e. The molecule has 26 heavy (non-hydrogen) atoms. The first-order chi connectivity index (χ1) is 12.6. The van der Waals surface area contributed by atoms with Crippen molar-refractivity contribution in [2.45, 2.75) is 12.8 Å². The Bertz CT molecular complexity index is 927. The smallest absolute Gasteiger partial charge is 0.257 e. The van der Waals surface area contributed by atoms with E-state index < -0.39 is 0 Å². The third-order valence-corrected chi connectivity index (χ3v) is 5.65. The molecule has 4 rings (SSSR count). The van der Waals surface area contributed by atoms with Crippen LogP contribution in [-0.4, -0.2) is 49.4 Å². The van der Waals surface area contributed by atoms with Gasteiger partial charge in [-0.05, 0) is 24.3 Å². The largest absolute Gasteiger partial charge is 0.338 e. The minimum Gasteiger partial charge on any atom is -0.338 e. The van der Waals surface area contributed by atoms with E-state index in [2.05, 4.69) is 15.2 Å². The van der Waals surface area contributed by atoms with Crippen molar-refractivity contribution in [3.8, 4) is 10.6 Å². The standard InChI is InChI=1S/C18H19N5O2S/c1-22-8-6-19-17(22)16(24)12-4-2-7-23(11-12)18(25)13-10-20-21-15(13)14-5-3-9-26-14/h3,5-6,8-10,12H,2,4,7,11H2,1H3,(H,20,21)/t12-/m0/s1. The number of carbonyl (C=O) groups is 2. The average Bonchev–Trinajstić information content (AvgIpc) is 3.41. The molecule has 0 spiro atoms. The number of thiophene rings is 1.